The minimum absolute atomic E-state index is 0.265. The van der Waals surface area contributed by atoms with Crippen LogP contribution in [0.25, 0.3) is 16.6 Å². The number of amides is 1. The molecule has 7 heteroatoms. The van der Waals surface area contributed by atoms with Gasteiger partial charge >= 0.3 is 0 Å². The number of hydrogen-bond donors (Lipinski definition) is 2. The van der Waals surface area contributed by atoms with Crippen LogP contribution in [0.2, 0.25) is 0 Å². The molecule has 1 amide bonds. The molecule has 0 saturated heterocycles. The largest absolute Gasteiger partial charge is 0.497 e. The summed E-state index contributed by atoms with van der Waals surface area (Å²) >= 11 is 0. The smallest absolute Gasteiger partial charge is 0.252 e. The van der Waals surface area contributed by atoms with Crippen LogP contribution in [0.4, 0.5) is 10.1 Å². The number of benzene rings is 1. The lowest BCUT2D eigenvalue weighted by atomic mass is 10.1. The lowest BCUT2D eigenvalue weighted by Gasteiger charge is -2.19. The molecule has 1 fully saturated rings. The summed E-state index contributed by atoms with van der Waals surface area (Å²) in [7, 11) is 1.62. The zero-order valence-electron chi connectivity index (χ0n) is 16.1. The van der Waals surface area contributed by atoms with E-state index in [2.05, 4.69) is 23.3 Å². The molecule has 1 aromatic carbocycles. The van der Waals surface area contributed by atoms with Gasteiger partial charge in [0.2, 0.25) is 0 Å². The summed E-state index contributed by atoms with van der Waals surface area (Å²) in [5.41, 5.74) is 8.93. The molecule has 150 valence electrons. The zero-order valence-corrected chi connectivity index (χ0v) is 16.1. The minimum atomic E-state index is -0.935. The van der Waals surface area contributed by atoms with Crippen molar-refractivity contribution in [3.05, 3.63) is 48.3 Å². The number of anilines is 1. The summed E-state index contributed by atoms with van der Waals surface area (Å²) in [5, 5.41) is 7.50. The molecular formula is C22H23FN4O2. The SMILES string of the molecule is C#C.COc1ccc(-c2cc3c(N[C@@H]4CCC[C@@H]4F)c(C(N)=O)cnn3c2)cc1. The van der Waals surface area contributed by atoms with Crippen molar-refractivity contribution in [3.63, 3.8) is 0 Å². The van der Waals surface area contributed by atoms with E-state index in [9.17, 15) is 9.18 Å². The average Bonchev–Trinajstić information content (AvgIpc) is 3.36. The molecule has 29 heavy (non-hydrogen) atoms. The molecule has 2 atom stereocenters. The van der Waals surface area contributed by atoms with Crippen LogP contribution in [0, 0.1) is 12.8 Å². The van der Waals surface area contributed by atoms with Gasteiger partial charge in [0.25, 0.3) is 5.91 Å². The molecule has 1 saturated carbocycles. The molecule has 1 aliphatic rings. The molecule has 0 bridgehead atoms. The number of nitrogens with zero attached hydrogens (tertiary/aromatic N) is 2. The number of methoxy groups -OCH3 is 1. The van der Waals surface area contributed by atoms with Crippen molar-refractivity contribution in [3.8, 4) is 29.7 Å². The average molecular weight is 394 g/mol. The summed E-state index contributed by atoms with van der Waals surface area (Å²) < 4.78 is 21.0. The number of fused-ring (bicyclic) bond motifs is 1. The van der Waals surface area contributed by atoms with Crippen LogP contribution < -0.4 is 15.8 Å². The number of terminal acetylenes is 1. The second kappa shape index (κ2) is 8.65. The maximum atomic E-state index is 14.1. The first kappa shape index (κ1) is 20.2. The van der Waals surface area contributed by atoms with Crippen molar-refractivity contribution in [1.82, 2.24) is 9.61 Å². The molecule has 0 aliphatic heterocycles. The number of nitrogens with two attached hydrogens (primary N) is 1. The second-order valence-electron chi connectivity index (χ2n) is 6.78. The van der Waals surface area contributed by atoms with Crippen LogP contribution in [0.5, 0.6) is 5.75 Å². The van der Waals surface area contributed by atoms with Crippen molar-refractivity contribution >= 4 is 17.1 Å². The predicted octanol–water partition coefficient (Wildman–Crippen LogP) is 3.66. The number of carbonyl (C=O) groups excluding carboxylic acids is 1. The molecule has 4 rings (SSSR count). The second-order valence-corrected chi connectivity index (χ2v) is 6.78. The molecular weight excluding hydrogens is 371 g/mol. The number of primary amides is 1. The van der Waals surface area contributed by atoms with Gasteiger partial charge in [0.1, 0.15) is 11.9 Å². The van der Waals surface area contributed by atoms with E-state index in [4.69, 9.17) is 10.5 Å². The summed E-state index contributed by atoms with van der Waals surface area (Å²) in [6, 6.07) is 9.25. The molecule has 0 spiro atoms. The Bertz CT molecular complexity index is 1030. The van der Waals surface area contributed by atoms with Gasteiger partial charge in [-0.15, -0.1) is 12.8 Å². The van der Waals surface area contributed by atoms with E-state index in [1.807, 2.05) is 36.5 Å². The van der Waals surface area contributed by atoms with Crippen LogP contribution in [0.1, 0.15) is 29.6 Å². The number of aromatic nitrogens is 2. The Kier molecular flexibility index (Phi) is 6.03. The molecule has 6 nitrogen and oxygen atoms in total. The topological polar surface area (TPSA) is 81.6 Å². The van der Waals surface area contributed by atoms with Gasteiger partial charge in [-0.3, -0.25) is 4.79 Å². The van der Waals surface area contributed by atoms with Crippen LogP contribution >= 0.6 is 0 Å². The number of carbonyl (C=O) groups is 1. The summed E-state index contributed by atoms with van der Waals surface area (Å²) in [5.74, 6) is 0.183. The maximum Gasteiger partial charge on any atom is 0.252 e. The van der Waals surface area contributed by atoms with Gasteiger partial charge in [-0.1, -0.05) is 12.1 Å². The van der Waals surface area contributed by atoms with Gasteiger partial charge in [0.05, 0.1) is 36.1 Å². The first-order chi connectivity index (χ1) is 14.1. The Hall–Kier alpha value is -3.53. The summed E-state index contributed by atoms with van der Waals surface area (Å²) in [4.78, 5) is 11.9. The molecule has 2 aromatic heterocycles. The van der Waals surface area contributed by atoms with Gasteiger partial charge in [-0.2, -0.15) is 5.10 Å². The number of ether oxygens (including phenoxy) is 1. The fourth-order valence-electron chi connectivity index (χ4n) is 3.60. The van der Waals surface area contributed by atoms with Crippen molar-refractivity contribution in [2.75, 3.05) is 12.4 Å². The third-order valence-corrected chi connectivity index (χ3v) is 5.09. The van der Waals surface area contributed by atoms with E-state index < -0.39 is 12.1 Å². The van der Waals surface area contributed by atoms with E-state index in [1.54, 1.807) is 11.6 Å². The highest BCUT2D eigenvalue weighted by molar-refractivity contribution is 6.02. The van der Waals surface area contributed by atoms with Crippen LogP contribution in [-0.2, 0) is 0 Å². The Balaban J connectivity index is 0.00000117. The van der Waals surface area contributed by atoms with Crippen LogP contribution in [-0.4, -0.2) is 34.8 Å². The van der Waals surface area contributed by atoms with Crippen molar-refractivity contribution < 1.29 is 13.9 Å². The van der Waals surface area contributed by atoms with Gasteiger partial charge in [-0.05, 0) is 43.0 Å². The number of alkyl halides is 1. The third-order valence-electron chi connectivity index (χ3n) is 5.09. The normalized spacial score (nSPS) is 18.1. The standard InChI is InChI=1S/C20H21FN4O2.C2H2/c1-27-14-7-5-12(6-8-14)13-9-18-19(24-17-4-2-3-16(17)21)15(20(22)26)10-23-25(18)11-13;1-2/h5-11,16-17,24H,2-4H2,1H3,(H2,22,26);1-2H/t16-,17+;/m0./s1. The van der Waals surface area contributed by atoms with Crippen molar-refractivity contribution in [2.24, 2.45) is 5.73 Å². The van der Waals surface area contributed by atoms with Gasteiger partial charge in [0.15, 0.2) is 0 Å². The van der Waals surface area contributed by atoms with E-state index in [1.165, 1.54) is 6.20 Å². The Labute approximate surface area is 168 Å². The zero-order chi connectivity index (χ0) is 21.0. The molecule has 0 radical (unpaired) electrons. The monoisotopic (exact) mass is 394 g/mol. The predicted molar refractivity (Wildman–Crippen MR) is 112 cm³/mol. The van der Waals surface area contributed by atoms with E-state index in [0.717, 1.165) is 29.7 Å². The molecule has 0 unspecified atom stereocenters. The first-order valence-electron chi connectivity index (χ1n) is 9.26. The number of rotatable bonds is 5. The fraction of sp³-hybridized carbons (Fsp3) is 0.273. The lowest BCUT2D eigenvalue weighted by Crippen LogP contribution is -2.27. The Morgan fingerprint density at radius 2 is 2.00 bits per heavy atom. The third kappa shape index (κ3) is 4.02. The highest BCUT2D eigenvalue weighted by Gasteiger charge is 2.28. The molecule has 3 aromatic rings. The van der Waals surface area contributed by atoms with Crippen LogP contribution in [0.3, 0.4) is 0 Å². The molecule has 3 N–H and O–H groups in total. The number of halogens is 1. The highest BCUT2D eigenvalue weighted by Crippen LogP contribution is 2.32. The maximum absolute atomic E-state index is 14.1. The van der Waals surface area contributed by atoms with Gasteiger partial charge < -0.3 is 15.8 Å². The molecule has 1 aliphatic carbocycles. The van der Waals surface area contributed by atoms with Gasteiger partial charge in [-0.25, -0.2) is 8.91 Å². The van der Waals surface area contributed by atoms with E-state index in [-0.39, 0.29) is 11.6 Å². The van der Waals surface area contributed by atoms with Gasteiger partial charge in [0, 0.05) is 11.8 Å². The Morgan fingerprint density at radius 1 is 1.28 bits per heavy atom. The van der Waals surface area contributed by atoms with Crippen molar-refractivity contribution in [1.29, 1.82) is 0 Å². The number of hydrogen-bond acceptors (Lipinski definition) is 4. The number of nitrogens with one attached hydrogen (secondary N) is 1. The van der Waals surface area contributed by atoms with E-state index >= 15 is 0 Å². The summed E-state index contributed by atoms with van der Waals surface area (Å²) in [6.45, 7) is 0. The highest BCUT2D eigenvalue weighted by atomic mass is 19.1. The molecule has 2 heterocycles. The van der Waals surface area contributed by atoms with Crippen LogP contribution in [0.15, 0.2) is 42.7 Å². The first-order valence-corrected chi connectivity index (χ1v) is 9.26. The fourth-order valence-corrected chi connectivity index (χ4v) is 3.60. The minimum Gasteiger partial charge on any atom is -0.497 e. The Morgan fingerprint density at radius 3 is 2.59 bits per heavy atom. The van der Waals surface area contributed by atoms with Crippen molar-refractivity contribution in [2.45, 2.75) is 31.5 Å². The lowest BCUT2D eigenvalue weighted by molar-refractivity contribution is 0.100. The summed E-state index contributed by atoms with van der Waals surface area (Å²) in [6.07, 6.45) is 12.4. The quantitative estimate of drug-likeness (QED) is 0.647. The van der Waals surface area contributed by atoms with E-state index in [0.29, 0.717) is 17.6 Å².